The number of hydrogen-bond donors (Lipinski definition) is 1. The third-order valence-corrected chi connectivity index (χ3v) is 11.4. The molecule has 0 spiro atoms. The van der Waals surface area contributed by atoms with Crippen molar-refractivity contribution in [3.05, 3.63) is 23.8 Å². The van der Waals surface area contributed by atoms with Crippen molar-refractivity contribution in [2.75, 3.05) is 0 Å². The Morgan fingerprint density at radius 2 is 1.81 bits per heavy atom. The Hall–Kier alpha value is -0.890. The lowest BCUT2D eigenvalue weighted by atomic mass is 9.41. The molecule has 0 aromatic heterocycles. The van der Waals surface area contributed by atoms with Gasteiger partial charge in [-0.1, -0.05) is 65.3 Å². The molecule has 0 bridgehead atoms. The van der Waals surface area contributed by atoms with Crippen LogP contribution in [0.15, 0.2) is 23.8 Å². The molecule has 7 atom stereocenters. The lowest BCUT2D eigenvalue weighted by Gasteiger charge is -2.63. The predicted molar refractivity (Wildman–Crippen MR) is 133 cm³/mol. The average molecular weight is 441 g/mol. The second-order valence-corrected chi connectivity index (χ2v) is 13.9. The van der Waals surface area contributed by atoms with Gasteiger partial charge < -0.3 is 5.11 Å². The van der Waals surface area contributed by atoms with Crippen LogP contribution in [0.2, 0.25) is 0 Å². The molecular weight excluding hydrogens is 392 g/mol. The minimum Gasteiger partial charge on any atom is -0.386 e. The van der Waals surface area contributed by atoms with Gasteiger partial charge in [-0.2, -0.15) is 0 Å². The summed E-state index contributed by atoms with van der Waals surface area (Å²) in [6.45, 7) is 18.3. The minimum absolute atomic E-state index is 0.184. The van der Waals surface area contributed by atoms with Gasteiger partial charge in [0, 0.05) is 11.8 Å². The third-order valence-electron chi connectivity index (χ3n) is 11.4. The Balaban J connectivity index is 1.62. The lowest BCUT2D eigenvalue weighted by molar-refractivity contribution is -0.146. The number of allylic oxidation sites excluding steroid dienone is 3. The quantitative estimate of drug-likeness (QED) is 0.459. The zero-order chi connectivity index (χ0) is 23.7. The van der Waals surface area contributed by atoms with Crippen molar-refractivity contribution in [2.24, 2.45) is 45.3 Å². The molecule has 2 heteroatoms. The molecule has 0 saturated heterocycles. The molecule has 4 aliphatic rings. The highest BCUT2D eigenvalue weighted by molar-refractivity contribution is 5.85. The number of ketones is 1. The molecule has 4 aliphatic carbocycles. The second kappa shape index (κ2) is 7.56. The smallest absolute Gasteiger partial charge is 0.138 e. The van der Waals surface area contributed by atoms with E-state index >= 15 is 0 Å². The SMILES string of the molecule is C[C@@H](C/C=C/C(C)(C)O)[C@@H]1CC[C@]2(C)C3=CC[C@H]4C(C)(C)C(=O)CC[C@]4(C)[C@H]3CC[C@@]12C. The Bertz CT molecular complexity index is 826. The van der Waals surface area contributed by atoms with E-state index < -0.39 is 5.60 Å². The van der Waals surface area contributed by atoms with Crippen molar-refractivity contribution in [1.29, 1.82) is 0 Å². The van der Waals surface area contributed by atoms with Gasteiger partial charge in [-0.3, -0.25) is 4.79 Å². The van der Waals surface area contributed by atoms with Crippen molar-refractivity contribution in [1.82, 2.24) is 0 Å². The summed E-state index contributed by atoms with van der Waals surface area (Å²) >= 11 is 0. The molecule has 0 aromatic carbocycles. The molecular formula is C30H48O2. The highest BCUT2D eigenvalue weighted by Gasteiger charge is 2.65. The Morgan fingerprint density at radius 3 is 2.47 bits per heavy atom. The van der Waals surface area contributed by atoms with Crippen LogP contribution in [-0.2, 0) is 4.79 Å². The fourth-order valence-electron chi connectivity index (χ4n) is 9.20. The van der Waals surface area contributed by atoms with Gasteiger partial charge in [0.2, 0.25) is 0 Å². The number of Topliss-reactive ketones (excluding diaryl/α,β-unsaturated/α-hetero) is 1. The van der Waals surface area contributed by atoms with Crippen LogP contribution in [0.1, 0.15) is 107 Å². The van der Waals surface area contributed by atoms with Gasteiger partial charge in [-0.15, -0.1) is 0 Å². The first-order chi connectivity index (χ1) is 14.7. The molecule has 3 saturated carbocycles. The average Bonchev–Trinajstić information content (AvgIpc) is 2.96. The molecule has 32 heavy (non-hydrogen) atoms. The van der Waals surface area contributed by atoms with Gasteiger partial charge in [-0.25, -0.2) is 0 Å². The molecule has 3 fully saturated rings. The normalized spacial score (nSPS) is 44.6. The molecule has 1 N–H and O–H groups in total. The first-order valence-corrected chi connectivity index (χ1v) is 13.3. The summed E-state index contributed by atoms with van der Waals surface area (Å²) in [4.78, 5) is 12.8. The van der Waals surface area contributed by atoms with Gasteiger partial charge in [0.05, 0.1) is 5.60 Å². The van der Waals surface area contributed by atoms with Crippen LogP contribution in [0.4, 0.5) is 0 Å². The number of fused-ring (bicyclic) bond motifs is 5. The number of carbonyl (C=O) groups is 1. The first kappa shape index (κ1) is 24.2. The van der Waals surface area contributed by atoms with E-state index in [-0.39, 0.29) is 16.2 Å². The summed E-state index contributed by atoms with van der Waals surface area (Å²) in [7, 11) is 0. The highest BCUT2D eigenvalue weighted by Crippen LogP contribution is 2.73. The maximum absolute atomic E-state index is 12.8. The molecule has 0 unspecified atom stereocenters. The lowest BCUT2D eigenvalue weighted by Crippen LogP contribution is -2.57. The summed E-state index contributed by atoms with van der Waals surface area (Å²) in [5.41, 5.74) is 1.76. The summed E-state index contributed by atoms with van der Waals surface area (Å²) in [6.07, 6.45) is 16.0. The summed E-state index contributed by atoms with van der Waals surface area (Å²) in [5, 5.41) is 10.1. The van der Waals surface area contributed by atoms with E-state index in [2.05, 4.69) is 53.7 Å². The standard InChI is InChI=1S/C30H48O2/c1-20(10-9-16-26(2,3)32)21-13-18-30(8)23-11-12-24-27(4,5)25(31)15-17-28(24,6)22(23)14-19-29(21,30)7/h9,11,16,20-22,24,32H,10,12-15,17-19H2,1-8H3/b16-9+/t20-,21-,22-,24-,28+,29-,30+/m0/s1. The third kappa shape index (κ3) is 3.41. The van der Waals surface area contributed by atoms with Gasteiger partial charge in [0.15, 0.2) is 0 Å². The monoisotopic (exact) mass is 440 g/mol. The van der Waals surface area contributed by atoms with Gasteiger partial charge >= 0.3 is 0 Å². The largest absolute Gasteiger partial charge is 0.386 e. The summed E-state index contributed by atoms with van der Waals surface area (Å²) < 4.78 is 0. The van der Waals surface area contributed by atoms with Crippen LogP contribution in [0.3, 0.4) is 0 Å². The first-order valence-electron chi connectivity index (χ1n) is 13.3. The van der Waals surface area contributed by atoms with Gasteiger partial charge in [-0.05, 0) is 98.7 Å². The molecule has 0 amide bonds. The van der Waals surface area contributed by atoms with E-state index in [1.54, 1.807) is 5.57 Å². The van der Waals surface area contributed by atoms with E-state index in [9.17, 15) is 9.90 Å². The summed E-state index contributed by atoms with van der Waals surface area (Å²) in [5.74, 6) is 2.99. The second-order valence-electron chi connectivity index (χ2n) is 13.9. The zero-order valence-corrected chi connectivity index (χ0v) is 22.1. The number of aliphatic hydroxyl groups is 1. The van der Waals surface area contributed by atoms with Crippen molar-refractivity contribution >= 4 is 5.78 Å². The molecule has 180 valence electrons. The van der Waals surface area contributed by atoms with Gasteiger partial charge in [0.25, 0.3) is 0 Å². The van der Waals surface area contributed by atoms with Gasteiger partial charge in [0.1, 0.15) is 5.78 Å². The van der Waals surface area contributed by atoms with Crippen molar-refractivity contribution < 1.29 is 9.90 Å². The molecule has 2 nitrogen and oxygen atoms in total. The Morgan fingerprint density at radius 1 is 1.12 bits per heavy atom. The molecule has 4 rings (SSSR count). The van der Waals surface area contributed by atoms with E-state index in [1.165, 1.54) is 25.7 Å². The highest BCUT2D eigenvalue weighted by atomic mass is 16.3. The Labute approximate surface area is 197 Å². The van der Waals surface area contributed by atoms with E-state index in [0.29, 0.717) is 29.0 Å². The van der Waals surface area contributed by atoms with Crippen LogP contribution >= 0.6 is 0 Å². The summed E-state index contributed by atoms with van der Waals surface area (Å²) in [6, 6.07) is 0. The maximum Gasteiger partial charge on any atom is 0.138 e. The van der Waals surface area contributed by atoms with Crippen LogP contribution in [0, 0.1) is 45.3 Å². The molecule has 0 radical (unpaired) electrons. The van der Waals surface area contributed by atoms with Crippen LogP contribution in [0.25, 0.3) is 0 Å². The molecule has 0 aromatic rings. The molecule has 0 aliphatic heterocycles. The van der Waals surface area contributed by atoms with Crippen molar-refractivity contribution in [2.45, 2.75) is 112 Å². The van der Waals surface area contributed by atoms with Crippen molar-refractivity contribution in [3.8, 4) is 0 Å². The van der Waals surface area contributed by atoms with Crippen LogP contribution in [0.5, 0.6) is 0 Å². The fraction of sp³-hybridized carbons (Fsp3) is 0.833. The van der Waals surface area contributed by atoms with E-state index in [1.807, 2.05) is 19.9 Å². The van der Waals surface area contributed by atoms with Crippen LogP contribution in [-0.4, -0.2) is 16.5 Å². The maximum atomic E-state index is 12.8. The topological polar surface area (TPSA) is 37.3 Å². The molecule has 0 heterocycles. The number of rotatable bonds is 4. The Kier molecular flexibility index (Phi) is 5.72. The van der Waals surface area contributed by atoms with E-state index in [0.717, 1.165) is 31.6 Å². The fourth-order valence-corrected chi connectivity index (χ4v) is 9.20. The number of hydrogen-bond acceptors (Lipinski definition) is 2. The van der Waals surface area contributed by atoms with Crippen molar-refractivity contribution in [3.63, 3.8) is 0 Å². The zero-order valence-electron chi connectivity index (χ0n) is 22.1. The van der Waals surface area contributed by atoms with Crippen LogP contribution < -0.4 is 0 Å². The van der Waals surface area contributed by atoms with E-state index in [4.69, 9.17) is 0 Å². The predicted octanol–water partition coefficient (Wildman–Crippen LogP) is 7.51. The minimum atomic E-state index is -0.722. The number of carbonyl (C=O) groups excluding carboxylic acids is 1.